The van der Waals surface area contributed by atoms with E-state index < -0.39 is 11.9 Å². The van der Waals surface area contributed by atoms with E-state index in [9.17, 15) is 18.0 Å². The minimum atomic E-state index is -4.62. The van der Waals surface area contributed by atoms with E-state index in [2.05, 4.69) is 15.1 Å². The van der Waals surface area contributed by atoms with E-state index in [1.165, 1.54) is 13.2 Å². The van der Waals surface area contributed by atoms with E-state index in [1.54, 1.807) is 29.4 Å². The second-order valence-corrected chi connectivity index (χ2v) is 9.08. The quantitative estimate of drug-likeness (QED) is 0.408. The van der Waals surface area contributed by atoms with Gasteiger partial charge in [0.15, 0.2) is 5.69 Å². The molecule has 0 saturated carbocycles. The van der Waals surface area contributed by atoms with Gasteiger partial charge in [-0.1, -0.05) is 6.07 Å². The number of aryl methyl sites for hydroxylation is 3. The molecule has 0 aliphatic carbocycles. The Bertz CT molecular complexity index is 1450. The van der Waals surface area contributed by atoms with Crippen molar-refractivity contribution in [2.75, 3.05) is 6.54 Å². The van der Waals surface area contributed by atoms with Crippen LogP contribution in [0.3, 0.4) is 0 Å². The number of hydrogen-bond acceptors (Lipinski definition) is 4. The molecule has 3 aromatic heterocycles. The maximum Gasteiger partial charge on any atom is 0.435 e. The van der Waals surface area contributed by atoms with Crippen LogP contribution in [0.1, 0.15) is 44.4 Å². The zero-order chi connectivity index (χ0) is 25.6. The first-order valence-corrected chi connectivity index (χ1v) is 11.6. The summed E-state index contributed by atoms with van der Waals surface area (Å²) in [5.74, 6) is 0.549. The van der Waals surface area contributed by atoms with Gasteiger partial charge in [-0.25, -0.2) is 4.98 Å². The smallest absolute Gasteiger partial charge is 0.332 e. The maximum atomic E-state index is 13.9. The van der Waals surface area contributed by atoms with Gasteiger partial charge in [0.2, 0.25) is 0 Å². The summed E-state index contributed by atoms with van der Waals surface area (Å²) in [5, 5.41) is 3.70. The number of alkyl halides is 3. The van der Waals surface area contributed by atoms with Crippen molar-refractivity contribution in [3.8, 4) is 11.1 Å². The fraction of sp³-hybridized carbons (Fsp3) is 0.308. The summed E-state index contributed by atoms with van der Waals surface area (Å²) in [4.78, 5) is 24.1. The van der Waals surface area contributed by atoms with Crippen LogP contribution in [-0.2, 0) is 32.7 Å². The van der Waals surface area contributed by atoms with E-state index in [4.69, 9.17) is 0 Å². The number of benzene rings is 1. The van der Waals surface area contributed by atoms with Gasteiger partial charge in [0.25, 0.3) is 5.91 Å². The fourth-order valence-corrected chi connectivity index (χ4v) is 4.74. The highest BCUT2D eigenvalue weighted by molar-refractivity contribution is 5.99. The van der Waals surface area contributed by atoms with Crippen LogP contribution in [0.5, 0.6) is 0 Å². The largest absolute Gasteiger partial charge is 0.435 e. The van der Waals surface area contributed by atoms with Crippen LogP contribution in [0.25, 0.3) is 11.1 Å². The molecule has 10 heteroatoms. The van der Waals surface area contributed by atoms with Crippen molar-refractivity contribution in [3.63, 3.8) is 0 Å². The third-order valence-electron chi connectivity index (χ3n) is 6.42. The number of halogens is 3. The molecule has 5 rings (SSSR count). The number of aromatic nitrogens is 5. The van der Waals surface area contributed by atoms with Gasteiger partial charge in [0.05, 0.1) is 12.2 Å². The van der Waals surface area contributed by atoms with Gasteiger partial charge < -0.3 is 9.47 Å². The van der Waals surface area contributed by atoms with Crippen LogP contribution in [0.15, 0.2) is 48.9 Å². The average Bonchev–Trinajstić information content (AvgIpc) is 3.41. The summed E-state index contributed by atoms with van der Waals surface area (Å²) in [5.41, 5.74) is 2.77. The van der Waals surface area contributed by atoms with Crippen molar-refractivity contribution in [2.24, 2.45) is 7.05 Å². The number of rotatable bonds is 5. The number of hydrogen-bond donors (Lipinski definition) is 0. The molecular weight excluding hydrogens is 469 g/mol. The lowest BCUT2D eigenvalue weighted by atomic mass is 9.88. The highest BCUT2D eigenvalue weighted by Gasteiger charge is 2.39. The summed E-state index contributed by atoms with van der Waals surface area (Å²) < 4.78 is 44.7. The Kier molecular flexibility index (Phi) is 5.89. The van der Waals surface area contributed by atoms with Crippen LogP contribution in [0, 0.1) is 13.8 Å². The Balaban J connectivity index is 1.61. The third kappa shape index (κ3) is 4.50. The summed E-state index contributed by atoms with van der Waals surface area (Å²) in [7, 11) is 1.46. The van der Waals surface area contributed by atoms with Crippen LogP contribution in [-0.4, -0.2) is 41.7 Å². The second-order valence-electron chi connectivity index (χ2n) is 9.08. The van der Waals surface area contributed by atoms with Crippen LogP contribution in [0.4, 0.5) is 13.2 Å². The molecule has 1 amide bonds. The molecule has 0 spiro atoms. The highest BCUT2D eigenvalue weighted by Crippen LogP contribution is 2.40. The molecule has 0 radical (unpaired) electrons. The van der Waals surface area contributed by atoms with Gasteiger partial charge in [-0.2, -0.15) is 18.3 Å². The maximum absolute atomic E-state index is 13.9. The van der Waals surface area contributed by atoms with E-state index in [1.807, 2.05) is 36.6 Å². The molecule has 4 heterocycles. The zero-order valence-electron chi connectivity index (χ0n) is 20.2. The van der Waals surface area contributed by atoms with E-state index >= 15 is 0 Å². The van der Waals surface area contributed by atoms with Crippen LogP contribution < -0.4 is 0 Å². The number of nitrogens with zero attached hydrogens (tertiary/aromatic N) is 6. The molecule has 1 aliphatic heterocycles. The second kappa shape index (κ2) is 8.92. The van der Waals surface area contributed by atoms with Gasteiger partial charge in [-0.3, -0.25) is 14.5 Å². The van der Waals surface area contributed by atoms with Gasteiger partial charge in [-0.15, -0.1) is 0 Å². The van der Waals surface area contributed by atoms with Crippen molar-refractivity contribution in [2.45, 2.75) is 39.5 Å². The van der Waals surface area contributed by atoms with Gasteiger partial charge in [0.1, 0.15) is 5.82 Å². The molecule has 1 aliphatic rings. The lowest BCUT2D eigenvalue weighted by Crippen LogP contribution is -2.37. The third-order valence-corrected chi connectivity index (χ3v) is 6.42. The fourth-order valence-electron chi connectivity index (χ4n) is 4.74. The lowest BCUT2D eigenvalue weighted by molar-refractivity contribution is -0.140. The molecule has 0 saturated heterocycles. The summed E-state index contributed by atoms with van der Waals surface area (Å²) in [6.45, 7) is 4.83. The van der Waals surface area contributed by atoms with Gasteiger partial charge in [0, 0.05) is 55.5 Å². The zero-order valence-corrected chi connectivity index (χ0v) is 20.2. The van der Waals surface area contributed by atoms with E-state index in [0.717, 1.165) is 21.9 Å². The molecule has 1 aromatic carbocycles. The Morgan fingerprint density at radius 1 is 1.06 bits per heavy atom. The molecule has 36 heavy (non-hydrogen) atoms. The molecule has 0 unspecified atom stereocenters. The van der Waals surface area contributed by atoms with Gasteiger partial charge in [-0.05, 0) is 61.2 Å². The molecule has 0 N–H and O–H groups in total. The molecule has 0 bridgehead atoms. The predicted octanol–water partition coefficient (Wildman–Crippen LogP) is 4.56. The number of carbonyl (C=O) groups excluding carboxylic acids is 1. The van der Waals surface area contributed by atoms with Crippen molar-refractivity contribution in [1.29, 1.82) is 0 Å². The number of fused-ring (bicyclic) bond motifs is 1. The van der Waals surface area contributed by atoms with E-state index in [-0.39, 0.29) is 11.5 Å². The van der Waals surface area contributed by atoms with Crippen molar-refractivity contribution in [3.05, 3.63) is 88.5 Å². The number of carbonyl (C=O) groups is 1. The normalized spacial score (nSPS) is 13.8. The van der Waals surface area contributed by atoms with Crippen LogP contribution >= 0.6 is 0 Å². The predicted molar refractivity (Wildman–Crippen MR) is 127 cm³/mol. The number of amides is 1. The molecule has 186 valence electrons. The first kappa shape index (κ1) is 23.8. The monoisotopic (exact) mass is 494 g/mol. The summed E-state index contributed by atoms with van der Waals surface area (Å²) in [6, 6.07) is 9.19. The van der Waals surface area contributed by atoms with Crippen molar-refractivity contribution >= 4 is 5.91 Å². The SMILES string of the molecule is Cc1cccc(CN2CCc3c(cc(Cn4ccnc4C)cc3-c3cn(C)nc3C(F)(F)F)C2=O)n1. The Morgan fingerprint density at radius 2 is 1.83 bits per heavy atom. The molecule has 7 nitrogen and oxygen atoms in total. The number of pyridine rings is 1. The first-order chi connectivity index (χ1) is 17.1. The van der Waals surface area contributed by atoms with Crippen molar-refractivity contribution in [1.82, 2.24) is 29.2 Å². The summed E-state index contributed by atoms with van der Waals surface area (Å²) >= 11 is 0. The highest BCUT2D eigenvalue weighted by atomic mass is 19.4. The minimum Gasteiger partial charge on any atom is -0.332 e. The number of imidazole rings is 1. The summed E-state index contributed by atoms with van der Waals surface area (Å²) in [6.07, 6.45) is 0.648. The first-order valence-electron chi connectivity index (χ1n) is 11.6. The Hall–Kier alpha value is -3.95. The molecular formula is C26H25F3N6O. The Labute approximate surface area is 206 Å². The van der Waals surface area contributed by atoms with Crippen LogP contribution in [0.2, 0.25) is 0 Å². The molecule has 0 fully saturated rings. The average molecular weight is 495 g/mol. The standard InChI is InChI=1S/C26H25F3N6O/c1-16-5-4-6-19(31-16)14-35-9-7-20-21(23-15-33(3)32-24(23)26(27,28)29)11-18(12-22(20)25(35)36)13-34-10-8-30-17(34)2/h4-6,8,10-12,15H,7,9,13-14H2,1-3H3. The molecule has 4 aromatic rings. The topological polar surface area (TPSA) is 68.8 Å². The lowest BCUT2D eigenvalue weighted by Gasteiger charge is -2.30. The van der Waals surface area contributed by atoms with E-state index in [0.29, 0.717) is 48.3 Å². The molecule has 0 atom stereocenters. The minimum absolute atomic E-state index is 0.0212. The van der Waals surface area contributed by atoms with Crippen molar-refractivity contribution < 1.29 is 18.0 Å². The van der Waals surface area contributed by atoms with Gasteiger partial charge >= 0.3 is 6.18 Å². The Morgan fingerprint density at radius 3 is 2.53 bits per heavy atom.